The van der Waals surface area contributed by atoms with Crippen LogP contribution in [0.2, 0.25) is 5.02 Å². The molecule has 0 saturated heterocycles. The lowest BCUT2D eigenvalue weighted by atomic mass is 10.2. The van der Waals surface area contributed by atoms with Crippen molar-refractivity contribution in [2.24, 2.45) is 0 Å². The Hall–Kier alpha value is -3.06. The van der Waals surface area contributed by atoms with E-state index in [4.69, 9.17) is 21.1 Å². The number of hydrogen-bond acceptors (Lipinski definition) is 5. The van der Waals surface area contributed by atoms with Crippen LogP contribution < -0.4 is 15.4 Å². The van der Waals surface area contributed by atoms with Crippen LogP contribution in [0.3, 0.4) is 0 Å². The second kappa shape index (κ2) is 9.43. The van der Waals surface area contributed by atoms with Crippen molar-refractivity contribution in [1.82, 2.24) is 0 Å². The Kier molecular flexibility index (Phi) is 6.99. The van der Waals surface area contributed by atoms with E-state index in [9.17, 15) is 14.4 Å². The standard InChI is InChI=1S/C18H17ClN2O5/c1-12(22)20-14-4-6-15(7-5-14)21-17(23)10-26-18(24)11-25-16-8-2-13(19)3-9-16/h2-9H,10-11H2,1H3,(H,20,22)(H,21,23). The average molecular weight is 377 g/mol. The second-order valence-electron chi connectivity index (χ2n) is 5.21. The lowest BCUT2D eigenvalue weighted by Crippen LogP contribution is -2.23. The summed E-state index contributed by atoms with van der Waals surface area (Å²) in [4.78, 5) is 34.3. The molecule has 0 heterocycles. The minimum atomic E-state index is -0.670. The van der Waals surface area contributed by atoms with E-state index in [0.717, 1.165) is 0 Å². The number of esters is 1. The normalized spacial score (nSPS) is 9.92. The minimum absolute atomic E-state index is 0.186. The van der Waals surface area contributed by atoms with Gasteiger partial charge >= 0.3 is 5.97 Å². The first-order valence-corrected chi connectivity index (χ1v) is 8.01. The Morgan fingerprint density at radius 2 is 1.46 bits per heavy atom. The van der Waals surface area contributed by atoms with Gasteiger partial charge in [-0.3, -0.25) is 9.59 Å². The summed E-state index contributed by atoms with van der Waals surface area (Å²) in [5.41, 5.74) is 1.12. The monoisotopic (exact) mass is 376 g/mol. The number of ether oxygens (including phenoxy) is 2. The van der Waals surface area contributed by atoms with Gasteiger partial charge < -0.3 is 20.1 Å². The van der Waals surface area contributed by atoms with Crippen LogP contribution in [0.4, 0.5) is 11.4 Å². The van der Waals surface area contributed by atoms with Crippen LogP contribution in [0.15, 0.2) is 48.5 Å². The van der Waals surface area contributed by atoms with Gasteiger partial charge in [0.15, 0.2) is 13.2 Å². The number of anilines is 2. The summed E-state index contributed by atoms with van der Waals surface area (Å²) in [6.45, 7) is 0.650. The molecule has 2 rings (SSSR count). The summed E-state index contributed by atoms with van der Waals surface area (Å²) < 4.78 is 10.1. The van der Waals surface area contributed by atoms with Crippen molar-refractivity contribution in [1.29, 1.82) is 0 Å². The second-order valence-corrected chi connectivity index (χ2v) is 5.65. The SMILES string of the molecule is CC(=O)Nc1ccc(NC(=O)COC(=O)COc2ccc(Cl)cc2)cc1. The predicted octanol–water partition coefficient (Wildman–Crippen LogP) is 2.86. The van der Waals surface area contributed by atoms with E-state index in [0.29, 0.717) is 22.1 Å². The van der Waals surface area contributed by atoms with E-state index in [1.54, 1.807) is 48.5 Å². The van der Waals surface area contributed by atoms with Crippen molar-refractivity contribution in [2.45, 2.75) is 6.92 Å². The zero-order valence-corrected chi connectivity index (χ0v) is 14.7. The van der Waals surface area contributed by atoms with Gasteiger partial charge in [-0.15, -0.1) is 0 Å². The molecule has 2 N–H and O–H groups in total. The third-order valence-corrected chi connectivity index (χ3v) is 3.28. The number of hydrogen-bond donors (Lipinski definition) is 2. The Morgan fingerprint density at radius 3 is 2.04 bits per heavy atom. The Balaban J connectivity index is 1.71. The van der Waals surface area contributed by atoms with Gasteiger partial charge in [0.05, 0.1) is 0 Å². The largest absolute Gasteiger partial charge is 0.482 e. The molecule has 136 valence electrons. The van der Waals surface area contributed by atoms with Crippen molar-refractivity contribution in [3.8, 4) is 5.75 Å². The number of benzene rings is 2. The average Bonchev–Trinajstić information content (AvgIpc) is 2.61. The van der Waals surface area contributed by atoms with Crippen molar-refractivity contribution >= 4 is 40.8 Å². The molecule has 26 heavy (non-hydrogen) atoms. The van der Waals surface area contributed by atoms with Gasteiger partial charge in [-0.1, -0.05) is 11.6 Å². The lowest BCUT2D eigenvalue weighted by molar-refractivity contribution is -0.149. The van der Waals surface area contributed by atoms with E-state index in [1.165, 1.54) is 6.92 Å². The number of halogens is 1. The molecule has 0 saturated carbocycles. The summed E-state index contributed by atoms with van der Waals surface area (Å²) in [7, 11) is 0. The van der Waals surface area contributed by atoms with Crippen LogP contribution in [0.1, 0.15) is 6.92 Å². The quantitative estimate of drug-likeness (QED) is 0.725. The van der Waals surface area contributed by atoms with Crippen LogP contribution in [-0.2, 0) is 19.1 Å². The van der Waals surface area contributed by atoms with E-state index >= 15 is 0 Å². The predicted molar refractivity (Wildman–Crippen MR) is 97.3 cm³/mol. The summed E-state index contributed by atoms with van der Waals surface area (Å²) in [5.74, 6) is -0.877. The van der Waals surface area contributed by atoms with E-state index in [1.807, 2.05) is 0 Å². The zero-order valence-electron chi connectivity index (χ0n) is 14.0. The number of amides is 2. The highest BCUT2D eigenvalue weighted by molar-refractivity contribution is 6.30. The molecule has 0 unspecified atom stereocenters. The molecule has 0 radical (unpaired) electrons. The summed E-state index contributed by atoms with van der Waals surface area (Å²) in [5, 5.41) is 5.74. The van der Waals surface area contributed by atoms with Crippen molar-refractivity contribution in [3.63, 3.8) is 0 Å². The highest BCUT2D eigenvalue weighted by atomic mass is 35.5. The molecular weight excluding hydrogens is 360 g/mol. The van der Waals surface area contributed by atoms with Crippen LogP contribution in [0, 0.1) is 0 Å². The fourth-order valence-electron chi connectivity index (χ4n) is 1.90. The number of carbonyl (C=O) groups is 3. The molecule has 2 aromatic rings. The van der Waals surface area contributed by atoms with Crippen molar-refractivity contribution in [3.05, 3.63) is 53.6 Å². The Bertz CT molecular complexity index is 775. The molecule has 0 fully saturated rings. The van der Waals surface area contributed by atoms with Gasteiger partial charge in [-0.2, -0.15) is 0 Å². The molecule has 0 bridgehead atoms. The molecule has 2 aromatic carbocycles. The van der Waals surface area contributed by atoms with Crippen LogP contribution in [-0.4, -0.2) is 31.0 Å². The smallest absolute Gasteiger partial charge is 0.344 e. The van der Waals surface area contributed by atoms with Gasteiger partial charge in [0.1, 0.15) is 5.75 Å². The topological polar surface area (TPSA) is 93.7 Å². The maximum absolute atomic E-state index is 11.8. The number of carbonyl (C=O) groups excluding carboxylic acids is 3. The first kappa shape index (κ1) is 19.3. The Labute approximate surface area is 155 Å². The third kappa shape index (κ3) is 6.82. The molecule has 0 aliphatic rings. The van der Waals surface area contributed by atoms with Crippen LogP contribution in [0.5, 0.6) is 5.75 Å². The molecule has 0 atom stereocenters. The maximum atomic E-state index is 11.8. The molecule has 8 heteroatoms. The summed E-state index contributed by atoms with van der Waals surface area (Å²) >= 11 is 5.75. The van der Waals surface area contributed by atoms with E-state index in [2.05, 4.69) is 10.6 Å². The van der Waals surface area contributed by atoms with E-state index in [-0.39, 0.29) is 12.5 Å². The number of nitrogens with one attached hydrogen (secondary N) is 2. The molecule has 0 aliphatic carbocycles. The highest BCUT2D eigenvalue weighted by Gasteiger charge is 2.09. The molecule has 0 aliphatic heterocycles. The first-order chi connectivity index (χ1) is 12.4. The molecule has 0 aromatic heterocycles. The lowest BCUT2D eigenvalue weighted by Gasteiger charge is -2.08. The molecular formula is C18H17ClN2O5. The third-order valence-electron chi connectivity index (χ3n) is 3.02. The van der Waals surface area contributed by atoms with Crippen LogP contribution >= 0.6 is 11.6 Å². The van der Waals surface area contributed by atoms with Gasteiger partial charge in [0.25, 0.3) is 5.91 Å². The fraction of sp³-hybridized carbons (Fsp3) is 0.167. The van der Waals surface area contributed by atoms with Gasteiger partial charge in [0.2, 0.25) is 5.91 Å². The van der Waals surface area contributed by atoms with Crippen molar-refractivity contribution in [2.75, 3.05) is 23.8 Å². The summed E-state index contributed by atoms with van der Waals surface area (Å²) in [6, 6.07) is 13.0. The molecule has 0 spiro atoms. The van der Waals surface area contributed by atoms with Crippen molar-refractivity contribution < 1.29 is 23.9 Å². The molecule has 7 nitrogen and oxygen atoms in total. The van der Waals surface area contributed by atoms with Gasteiger partial charge in [-0.25, -0.2) is 4.79 Å². The number of rotatable bonds is 7. The minimum Gasteiger partial charge on any atom is -0.482 e. The zero-order chi connectivity index (χ0) is 18.9. The maximum Gasteiger partial charge on any atom is 0.344 e. The highest BCUT2D eigenvalue weighted by Crippen LogP contribution is 2.15. The fourth-order valence-corrected chi connectivity index (χ4v) is 2.02. The molecule has 2 amide bonds. The first-order valence-electron chi connectivity index (χ1n) is 7.64. The van der Waals surface area contributed by atoms with Crippen LogP contribution in [0.25, 0.3) is 0 Å². The van der Waals surface area contributed by atoms with Gasteiger partial charge in [0, 0.05) is 23.3 Å². The van der Waals surface area contributed by atoms with E-state index < -0.39 is 18.5 Å². The Morgan fingerprint density at radius 1 is 0.885 bits per heavy atom. The summed E-state index contributed by atoms with van der Waals surface area (Å²) in [6.07, 6.45) is 0. The van der Waals surface area contributed by atoms with Gasteiger partial charge in [-0.05, 0) is 48.5 Å².